The molecule has 16 heavy (non-hydrogen) atoms. The third kappa shape index (κ3) is 1.95. The molecule has 1 aromatic carbocycles. The zero-order chi connectivity index (χ0) is 11.5. The molecule has 0 saturated heterocycles. The lowest BCUT2D eigenvalue weighted by atomic mass is 10.00. The van der Waals surface area contributed by atoms with E-state index in [9.17, 15) is 0 Å². The summed E-state index contributed by atoms with van der Waals surface area (Å²) in [5, 5.41) is 0. The van der Waals surface area contributed by atoms with Gasteiger partial charge in [-0.2, -0.15) is 0 Å². The van der Waals surface area contributed by atoms with Crippen LogP contribution in [0.4, 0.5) is 0 Å². The summed E-state index contributed by atoms with van der Waals surface area (Å²) in [6.45, 7) is 2.01. The van der Waals surface area contributed by atoms with Crippen molar-refractivity contribution in [2.45, 2.75) is 13.0 Å². The van der Waals surface area contributed by atoms with E-state index in [-0.39, 0.29) is 6.04 Å². The lowest BCUT2D eigenvalue weighted by Gasteiger charge is -2.13. The zero-order valence-corrected chi connectivity index (χ0v) is 9.44. The number of rotatable bonds is 3. The van der Waals surface area contributed by atoms with Crippen LogP contribution in [0, 0.1) is 6.92 Å². The normalized spacial score (nSPS) is 12.4. The van der Waals surface area contributed by atoms with Crippen LogP contribution in [-0.2, 0) is 0 Å². The first-order valence-electron chi connectivity index (χ1n) is 5.16. The molecule has 2 N–H and O–H groups in total. The molecule has 0 spiro atoms. The summed E-state index contributed by atoms with van der Waals surface area (Å²) >= 11 is 0. The molecule has 0 bridgehead atoms. The van der Waals surface area contributed by atoms with E-state index < -0.39 is 0 Å². The van der Waals surface area contributed by atoms with Gasteiger partial charge < -0.3 is 14.9 Å². The SMILES string of the molecule is COc1ccc(C(N)c2ccco2)c(C)c1. The number of ether oxygens (including phenoxy) is 1. The monoisotopic (exact) mass is 217 g/mol. The standard InChI is InChI=1S/C13H15NO2/c1-9-8-10(15-2)5-6-11(9)13(14)12-4-3-7-16-12/h3-8,13H,14H2,1-2H3. The van der Waals surface area contributed by atoms with E-state index >= 15 is 0 Å². The van der Waals surface area contributed by atoms with Crippen LogP contribution in [0.2, 0.25) is 0 Å². The van der Waals surface area contributed by atoms with Gasteiger partial charge in [-0.25, -0.2) is 0 Å². The largest absolute Gasteiger partial charge is 0.497 e. The van der Waals surface area contributed by atoms with Gasteiger partial charge in [-0.15, -0.1) is 0 Å². The summed E-state index contributed by atoms with van der Waals surface area (Å²) in [5.74, 6) is 1.61. The summed E-state index contributed by atoms with van der Waals surface area (Å²) in [6.07, 6.45) is 1.63. The van der Waals surface area contributed by atoms with Gasteiger partial charge in [0, 0.05) is 0 Å². The van der Waals surface area contributed by atoms with Crippen LogP contribution in [0.25, 0.3) is 0 Å². The quantitative estimate of drug-likeness (QED) is 0.859. The van der Waals surface area contributed by atoms with Crippen molar-refractivity contribution in [1.29, 1.82) is 0 Å². The molecule has 2 aromatic rings. The highest BCUT2D eigenvalue weighted by atomic mass is 16.5. The third-order valence-corrected chi connectivity index (χ3v) is 2.66. The average Bonchev–Trinajstić information content (AvgIpc) is 2.81. The molecule has 1 heterocycles. The van der Waals surface area contributed by atoms with E-state index in [4.69, 9.17) is 14.9 Å². The molecule has 3 nitrogen and oxygen atoms in total. The van der Waals surface area contributed by atoms with Gasteiger partial charge in [-0.3, -0.25) is 0 Å². The molecule has 0 fully saturated rings. The Morgan fingerprint density at radius 2 is 2.12 bits per heavy atom. The summed E-state index contributed by atoms with van der Waals surface area (Å²) in [6, 6.07) is 9.36. The van der Waals surface area contributed by atoms with Gasteiger partial charge in [0.25, 0.3) is 0 Å². The summed E-state index contributed by atoms with van der Waals surface area (Å²) in [7, 11) is 1.65. The summed E-state index contributed by atoms with van der Waals surface area (Å²) < 4.78 is 10.5. The fourth-order valence-corrected chi connectivity index (χ4v) is 1.75. The number of nitrogens with two attached hydrogens (primary N) is 1. The predicted molar refractivity (Wildman–Crippen MR) is 62.5 cm³/mol. The Kier molecular flexibility index (Phi) is 2.97. The number of hydrogen-bond donors (Lipinski definition) is 1. The van der Waals surface area contributed by atoms with E-state index in [0.717, 1.165) is 22.6 Å². The van der Waals surface area contributed by atoms with Gasteiger partial charge in [-0.05, 0) is 42.3 Å². The zero-order valence-electron chi connectivity index (χ0n) is 9.44. The molecule has 0 radical (unpaired) electrons. The number of methoxy groups -OCH3 is 1. The first kappa shape index (κ1) is 10.8. The van der Waals surface area contributed by atoms with E-state index in [1.54, 1.807) is 13.4 Å². The van der Waals surface area contributed by atoms with E-state index in [1.165, 1.54) is 0 Å². The van der Waals surface area contributed by atoms with Crippen molar-refractivity contribution in [2.24, 2.45) is 5.73 Å². The lowest BCUT2D eigenvalue weighted by molar-refractivity contribution is 0.414. The van der Waals surface area contributed by atoms with Crippen LogP contribution >= 0.6 is 0 Å². The highest BCUT2D eigenvalue weighted by Crippen LogP contribution is 2.25. The van der Waals surface area contributed by atoms with Crippen LogP contribution in [-0.4, -0.2) is 7.11 Å². The van der Waals surface area contributed by atoms with Crippen LogP contribution in [0.15, 0.2) is 41.0 Å². The minimum Gasteiger partial charge on any atom is -0.497 e. The molecular formula is C13H15NO2. The Bertz CT molecular complexity index is 463. The first-order chi connectivity index (χ1) is 7.72. The fourth-order valence-electron chi connectivity index (χ4n) is 1.75. The van der Waals surface area contributed by atoms with Gasteiger partial charge in [0.05, 0.1) is 19.4 Å². The highest BCUT2D eigenvalue weighted by Gasteiger charge is 2.14. The second-order valence-corrected chi connectivity index (χ2v) is 3.72. The van der Waals surface area contributed by atoms with Crippen molar-refractivity contribution in [3.63, 3.8) is 0 Å². The van der Waals surface area contributed by atoms with Crippen LogP contribution in [0.3, 0.4) is 0 Å². The van der Waals surface area contributed by atoms with Crippen molar-refractivity contribution in [1.82, 2.24) is 0 Å². The Hall–Kier alpha value is -1.74. The van der Waals surface area contributed by atoms with Crippen LogP contribution < -0.4 is 10.5 Å². The molecule has 84 valence electrons. The van der Waals surface area contributed by atoms with Crippen LogP contribution in [0.1, 0.15) is 22.9 Å². The number of benzene rings is 1. The van der Waals surface area contributed by atoms with E-state index in [2.05, 4.69) is 0 Å². The van der Waals surface area contributed by atoms with Crippen molar-refractivity contribution in [3.8, 4) is 5.75 Å². The van der Waals surface area contributed by atoms with Crippen molar-refractivity contribution >= 4 is 0 Å². The Morgan fingerprint density at radius 3 is 2.69 bits per heavy atom. The highest BCUT2D eigenvalue weighted by molar-refractivity contribution is 5.39. The van der Waals surface area contributed by atoms with Gasteiger partial charge in [0.1, 0.15) is 11.5 Å². The van der Waals surface area contributed by atoms with Gasteiger partial charge in [-0.1, -0.05) is 6.07 Å². The Labute approximate surface area is 94.8 Å². The molecular weight excluding hydrogens is 202 g/mol. The van der Waals surface area contributed by atoms with Crippen LogP contribution in [0.5, 0.6) is 5.75 Å². The molecule has 0 saturated carbocycles. The Balaban J connectivity index is 2.34. The van der Waals surface area contributed by atoms with E-state index in [1.807, 2.05) is 37.3 Å². The first-order valence-corrected chi connectivity index (χ1v) is 5.16. The molecule has 1 atom stereocenters. The average molecular weight is 217 g/mol. The second kappa shape index (κ2) is 4.41. The topological polar surface area (TPSA) is 48.4 Å². The van der Waals surface area contributed by atoms with Gasteiger partial charge in [0.15, 0.2) is 0 Å². The smallest absolute Gasteiger partial charge is 0.125 e. The summed E-state index contributed by atoms with van der Waals surface area (Å²) in [4.78, 5) is 0. The minimum absolute atomic E-state index is 0.221. The lowest BCUT2D eigenvalue weighted by Crippen LogP contribution is -2.12. The number of furan rings is 1. The maximum atomic E-state index is 6.12. The van der Waals surface area contributed by atoms with E-state index in [0.29, 0.717) is 0 Å². The molecule has 1 aromatic heterocycles. The third-order valence-electron chi connectivity index (χ3n) is 2.66. The maximum absolute atomic E-state index is 6.12. The summed E-state index contributed by atoms with van der Waals surface area (Å²) in [5.41, 5.74) is 8.27. The fraction of sp³-hybridized carbons (Fsp3) is 0.231. The van der Waals surface area contributed by atoms with Crippen molar-refractivity contribution < 1.29 is 9.15 Å². The molecule has 0 amide bonds. The molecule has 2 rings (SSSR count). The van der Waals surface area contributed by atoms with Gasteiger partial charge >= 0.3 is 0 Å². The van der Waals surface area contributed by atoms with Crippen molar-refractivity contribution in [2.75, 3.05) is 7.11 Å². The number of aryl methyl sites for hydroxylation is 1. The van der Waals surface area contributed by atoms with Crippen molar-refractivity contribution in [3.05, 3.63) is 53.5 Å². The molecule has 0 aliphatic heterocycles. The minimum atomic E-state index is -0.221. The molecule has 3 heteroatoms. The predicted octanol–water partition coefficient (Wildman–Crippen LogP) is 2.64. The number of hydrogen-bond acceptors (Lipinski definition) is 3. The molecule has 0 aliphatic carbocycles. The molecule has 1 unspecified atom stereocenters. The van der Waals surface area contributed by atoms with Gasteiger partial charge in [0.2, 0.25) is 0 Å². The molecule has 0 aliphatic rings. The second-order valence-electron chi connectivity index (χ2n) is 3.72. The maximum Gasteiger partial charge on any atom is 0.125 e. The Morgan fingerprint density at radius 1 is 1.31 bits per heavy atom.